The Hall–Kier alpha value is -2.03. The lowest BCUT2D eigenvalue weighted by Crippen LogP contribution is -2.23. The summed E-state index contributed by atoms with van der Waals surface area (Å²) in [5.74, 6) is 0.564. The smallest absolute Gasteiger partial charge is 0.123 e. The predicted octanol–water partition coefficient (Wildman–Crippen LogP) is 2.75. The van der Waals surface area contributed by atoms with Crippen LogP contribution in [0, 0.1) is 0 Å². The van der Waals surface area contributed by atoms with E-state index in [0.717, 1.165) is 12.1 Å². The number of nitrogens with two attached hydrogens (primary N) is 1. The minimum Gasteiger partial charge on any atom is -0.384 e. The van der Waals surface area contributed by atoms with Crippen LogP contribution in [0.4, 0.5) is 17.2 Å². The number of aromatic nitrogens is 1. The standard InChI is InChI=1S/C14H15N3/c1-10-8-11-4-2-3-5-13(11)17(10)12-6-7-14(15)16-9-12/h2-7,9-10H,8H2,1H3,(H2,15,16). The van der Waals surface area contributed by atoms with Gasteiger partial charge in [-0.3, -0.25) is 0 Å². The van der Waals surface area contributed by atoms with Crippen molar-refractivity contribution in [2.75, 3.05) is 10.6 Å². The number of benzene rings is 1. The molecule has 3 rings (SSSR count). The second-order valence-corrected chi connectivity index (χ2v) is 4.49. The normalized spacial score (nSPS) is 18.2. The SMILES string of the molecule is CC1Cc2ccccc2N1c1ccc(N)nc1. The highest BCUT2D eigenvalue weighted by Gasteiger charge is 2.26. The van der Waals surface area contributed by atoms with Crippen molar-refractivity contribution in [3.8, 4) is 0 Å². The number of hydrogen-bond acceptors (Lipinski definition) is 3. The first-order valence-electron chi connectivity index (χ1n) is 5.84. The van der Waals surface area contributed by atoms with Gasteiger partial charge in [-0.05, 0) is 37.1 Å². The van der Waals surface area contributed by atoms with Crippen LogP contribution in [0.3, 0.4) is 0 Å². The van der Waals surface area contributed by atoms with Crippen LogP contribution >= 0.6 is 0 Å². The fourth-order valence-electron chi connectivity index (χ4n) is 2.50. The summed E-state index contributed by atoms with van der Waals surface area (Å²) in [5, 5.41) is 0. The second-order valence-electron chi connectivity index (χ2n) is 4.49. The van der Waals surface area contributed by atoms with Gasteiger partial charge in [-0.25, -0.2) is 4.98 Å². The number of fused-ring (bicyclic) bond motifs is 1. The van der Waals surface area contributed by atoms with E-state index >= 15 is 0 Å². The quantitative estimate of drug-likeness (QED) is 0.811. The molecule has 0 saturated carbocycles. The molecule has 0 fully saturated rings. The van der Waals surface area contributed by atoms with Crippen molar-refractivity contribution in [3.05, 3.63) is 48.2 Å². The summed E-state index contributed by atoms with van der Waals surface area (Å²) in [6, 6.07) is 12.9. The zero-order chi connectivity index (χ0) is 11.8. The summed E-state index contributed by atoms with van der Waals surface area (Å²) >= 11 is 0. The van der Waals surface area contributed by atoms with Gasteiger partial charge in [0.05, 0.1) is 11.9 Å². The van der Waals surface area contributed by atoms with Gasteiger partial charge in [0, 0.05) is 11.7 Å². The Labute approximate surface area is 101 Å². The molecule has 1 atom stereocenters. The Morgan fingerprint density at radius 2 is 2.06 bits per heavy atom. The Kier molecular flexibility index (Phi) is 2.25. The van der Waals surface area contributed by atoms with Gasteiger partial charge in [-0.1, -0.05) is 18.2 Å². The van der Waals surface area contributed by atoms with Gasteiger partial charge in [0.1, 0.15) is 5.82 Å². The molecule has 1 aliphatic heterocycles. The van der Waals surface area contributed by atoms with E-state index in [0.29, 0.717) is 11.9 Å². The third-order valence-electron chi connectivity index (χ3n) is 3.26. The molecule has 0 amide bonds. The first-order chi connectivity index (χ1) is 8.25. The zero-order valence-electron chi connectivity index (χ0n) is 9.80. The number of rotatable bonds is 1. The Morgan fingerprint density at radius 3 is 2.82 bits per heavy atom. The van der Waals surface area contributed by atoms with Gasteiger partial charge in [-0.2, -0.15) is 0 Å². The van der Waals surface area contributed by atoms with Crippen LogP contribution in [0.15, 0.2) is 42.6 Å². The van der Waals surface area contributed by atoms with Gasteiger partial charge in [0.2, 0.25) is 0 Å². The molecule has 86 valence electrons. The molecule has 3 nitrogen and oxygen atoms in total. The topological polar surface area (TPSA) is 42.1 Å². The fraction of sp³-hybridized carbons (Fsp3) is 0.214. The maximum Gasteiger partial charge on any atom is 0.123 e. The number of nitrogen functional groups attached to an aromatic ring is 1. The largest absolute Gasteiger partial charge is 0.384 e. The predicted molar refractivity (Wildman–Crippen MR) is 70.4 cm³/mol. The summed E-state index contributed by atoms with van der Waals surface area (Å²) in [7, 11) is 0. The highest BCUT2D eigenvalue weighted by atomic mass is 15.2. The Morgan fingerprint density at radius 1 is 1.24 bits per heavy atom. The van der Waals surface area contributed by atoms with E-state index in [1.807, 2.05) is 18.3 Å². The average molecular weight is 225 g/mol. The van der Waals surface area contributed by atoms with Gasteiger partial charge in [0.25, 0.3) is 0 Å². The molecule has 0 saturated heterocycles. The first-order valence-corrected chi connectivity index (χ1v) is 5.84. The molecule has 1 aliphatic rings. The van der Waals surface area contributed by atoms with Crippen LogP contribution in [0.2, 0.25) is 0 Å². The molecule has 0 radical (unpaired) electrons. The number of hydrogen-bond donors (Lipinski definition) is 1. The second kappa shape index (κ2) is 3.77. The molecule has 2 heterocycles. The fourth-order valence-corrected chi connectivity index (χ4v) is 2.50. The van der Waals surface area contributed by atoms with Crippen molar-refractivity contribution in [2.45, 2.75) is 19.4 Å². The van der Waals surface area contributed by atoms with Crippen LogP contribution < -0.4 is 10.6 Å². The van der Waals surface area contributed by atoms with Gasteiger partial charge >= 0.3 is 0 Å². The molecule has 0 spiro atoms. The van der Waals surface area contributed by atoms with Crippen molar-refractivity contribution in [1.29, 1.82) is 0 Å². The first kappa shape index (κ1) is 10.1. The van der Waals surface area contributed by atoms with Crippen molar-refractivity contribution in [3.63, 3.8) is 0 Å². The molecule has 0 bridgehead atoms. The lowest BCUT2D eigenvalue weighted by atomic mass is 10.1. The minimum absolute atomic E-state index is 0.470. The van der Waals surface area contributed by atoms with Crippen LogP contribution in [0.5, 0.6) is 0 Å². The van der Waals surface area contributed by atoms with E-state index in [4.69, 9.17) is 5.73 Å². The molecule has 1 aromatic heterocycles. The molecule has 1 unspecified atom stereocenters. The van der Waals surface area contributed by atoms with Crippen LogP contribution in [0.25, 0.3) is 0 Å². The van der Waals surface area contributed by atoms with Crippen LogP contribution in [-0.4, -0.2) is 11.0 Å². The highest BCUT2D eigenvalue weighted by molar-refractivity contribution is 5.70. The molecular weight excluding hydrogens is 210 g/mol. The molecule has 3 heteroatoms. The van der Waals surface area contributed by atoms with Crippen molar-refractivity contribution in [2.24, 2.45) is 0 Å². The summed E-state index contributed by atoms with van der Waals surface area (Å²) < 4.78 is 0. The van der Waals surface area contributed by atoms with E-state index in [1.165, 1.54) is 11.3 Å². The molecular formula is C14H15N3. The Balaban J connectivity index is 2.06. The van der Waals surface area contributed by atoms with E-state index in [9.17, 15) is 0 Å². The number of pyridine rings is 1. The number of anilines is 3. The number of para-hydroxylation sites is 1. The Bertz CT molecular complexity index is 533. The molecule has 2 N–H and O–H groups in total. The van der Waals surface area contributed by atoms with E-state index < -0.39 is 0 Å². The lowest BCUT2D eigenvalue weighted by molar-refractivity contribution is 0.758. The van der Waals surface area contributed by atoms with E-state index in [2.05, 4.69) is 41.1 Å². The summed E-state index contributed by atoms with van der Waals surface area (Å²) in [5.41, 5.74) is 9.42. The highest BCUT2D eigenvalue weighted by Crippen LogP contribution is 2.37. The molecule has 1 aromatic carbocycles. The van der Waals surface area contributed by atoms with Gasteiger partial charge in [-0.15, -0.1) is 0 Å². The number of nitrogens with zero attached hydrogens (tertiary/aromatic N) is 2. The van der Waals surface area contributed by atoms with E-state index in [1.54, 1.807) is 0 Å². The minimum atomic E-state index is 0.470. The van der Waals surface area contributed by atoms with Gasteiger partial charge in [0.15, 0.2) is 0 Å². The summed E-state index contributed by atoms with van der Waals surface area (Å²) in [6.07, 6.45) is 2.93. The van der Waals surface area contributed by atoms with Crippen molar-refractivity contribution >= 4 is 17.2 Å². The average Bonchev–Trinajstić information content (AvgIpc) is 2.66. The monoisotopic (exact) mass is 225 g/mol. The lowest BCUT2D eigenvalue weighted by Gasteiger charge is -2.24. The third kappa shape index (κ3) is 1.64. The van der Waals surface area contributed by atoms with Crippen LogP contribution in [-0.2, 0) is 6.42 Å². The molecule has 17 heavy (non-hydrogen) atoms. The van der Waals surface area contributed by atoms with Crippen LogP contribution in [0.1, 0.15) is 12.5 Å². The van der Waals surface area contributed by atoms with Gasteiger partial charge < -0.3 is 10.6 Å². The molecule has 0 aliphatic carbocycles. The van der Waals surface area contributed by atoms with Crippen molar-refractivity contribution in [1.82, 2.24) is 4.98 Å². The third-order valence-corrected chi connectivity index (χ3v) is 3.26. The zero-order valence-corrected chi connectivity index (χ0v) is 9.80. The molecule has 2 aromatic rings. The maximum absolute atomic E-state index is 5.62. The summed E-state index contributed by atoms with van der Waals surface area (Å²) in [6.45, 7) is 2.23. The summed E-state index contributed by atoms with van der Waals surface area (Å²) in [4.78, 5) is 6.49. The maximum atomic E-state index is 5.62. The van der Waals surface area contributed by atoms with E-state index in [-0.39, 0.29) is 0 Å². The van der Waals surface area contributed by atoms with Crippen molar-refractivity contribution < 1.29 is 0 Å².